The molecule has 6 nitrogen and oxygen atoms in total. The number of nitrogens with one attached hydrogen (secondary N) is 2. The minimum absolute atomic E-state index is 0.243. The minimum atomic E-state index is -0.620. The molecule has 2 N–H and O–H groups in total. The number of amides is 2. The molecular formula is C22H17N3O3S. The molecule has 3 aromatic carbocycles. The normalized spacial score (nSPS) is 10.5. The summed E-state index contributed by atoms with van der Waals surface area (Å²) in [6.45, 7) is 0. The Hall–Kier alpha value is -3.71. The maximum Gasteiger partial charge on any atom is 0.413 e. The molecule has 0 radical (unpaired) electrons. The number of methoxy groups -OCH3 is 1. The smallest absolute Gasteiger partial charge is 0.413 e. The molecule has 2 amide bonds. The fourth-order valence-corrected chi connectivity index (χ4v) is 3.85. The molecule has 0 bridgehead atoms. The van der Waals surface area contributed by atoms with E-state index in [2.05, 4.69) is 20.4 Å². The Bertz CT molecular complexity index is 1180. The molecule has 0 atom stereocenters. The molecule has 0 saturated carbocycles. The predicted octanol–water partition coefficient (Wildman–Crippen LogP) is 5.39. The van der Waals surface area contributed by atoms with Crippen molar-refractivity contribution in [1.82, 2.24) is 4.98 Å². The average molecular weight is 403 g/mol. The molecule has 4 rings (SSSR count). The van der Waals surface area contributed by atoms with E-state index in [1.54, 1.807) is 6.07 Å². The molecule has 0 spiro atoms. The Kier molecular flexibility index (Phi) is 5.22. The van der Waals surface area contributed by atoms with Gasteiger partial charge in [-0.2, -0.15) is 0 Å². The summed E-state index contributed by atoms with van der Waals surface area (Å²) in [6, 6.07) is 22.8. The largest absolute Gasteiger partial charge is 0.453 e. The van der Waals surface area contributed by atoms with E-state index in [1.165, 1.54) is 18.4 Å². The van der Waals surface area contributed by atoms with Gasteiger partial charge in [-0.05, 0) is 16.8 Å². The first-order chi connectivity index (χ1) is 14.2. The van der Waals surface area contributed by atoms with Gasteiger partial charge in [0.05, 0.1) is 7.11 Å². The van der Waals surface area contributed by atoms with Crippen LogP contribution in [0.15, 0.2) is 72.8 Å². The quantitative estimate of drug-likeness (QED) is 0.478. The van der Waals surface area contributed by atoms with Crippen LogP contribution in [0, 0.1) is 0 Å². The summed E-state index contributed by atoms with van der Waals surface area (Å²) < 4.78 is 4.64. The fraction of sp³-hybridized carbons (Fsp3) is 0.0455. The Morgan fingerprint density at radius 3 is 2.41 bits per heavy atom. The minimum Gasteiger partial charge on any atom is -0.453 e. The SMILES string of the molecule is COC(=O)Nc1nc(-c2ccccc2)c(NC(=O)c2cccc3ccccc23)s1. The van der Waals surface area contributed by atoms with Gasteiger partial charge in [0.1, 0.15) is 10.7 Å². The van der Waals surface area contributed by atoms with E-state index in [9.17, 15) is 9.59 Å². The highest BCUT2D eigenvalue weighted by molar-refractivity contribution is 7.20. The van der Waals surface area contributed by atoms with Gasteiger partial charge in [-0.1, -0.05) is 78.1 Å². The van der Waals surface area contributed by atoms with Gasteiger partial charge < -0.3 is 10.1 Å². The van der Waals surface area contributed by atoms with E-state index in [4.69, 9.17) is 0 Å². The number of thiazole rings is 1. The predicted molar refractivity (Wildman–Crippen MR) is 115 cm³/mol. The van der Waals surface area contributed by atoms with Crippen LogP contribution in [-0.2, 0) is 4.74 Å². The second kappa shape index (κ2) is 8.12. The lowest BCUT2D eigenvalue weighted by Crippen LogP contribution is -2.12. The maximum absolute atomic E-state index is 13.1. The van der Waals surface area contributed by atoms with Gasteiger partial charge in [0.25, 0.3) is 5.91 Å². The zero-order valence-corrected chi connectivity index (χ0v) is 16.3. The standard InChI is InChI=1S/C22H17N3O3S/c1-28-22(27)25-21-23-18(15-9-3-2-4-10-15)20(29-21)24-19(26)17-13-7-11-14-8-5-6-12-16(14)17/h2-13H,1H3,(H,24,26)(H,23,25,27). The van der Waals surface area contributed by atoms with E-state index in [1.807, 2.05) is 66.7 Å². The van der Waals surface area contributed by atoms with E-state index in [0.29, 0.717) is 21.4 Å². The number of hydrogen-bond acceptors (Lipinski definition) is 5. The first-order valence-electron chi connectivity index (χ1n) is 8.86. The molecule has 0 unspecified atom stereocenters. The summed E-state index contributed by atoms with van der Waals surface area (Å²) in [5.41, 5.74) is 1.98. The van der Waals surface area contributed by atoms with E-state index in [0.717, 1.165) is 16.3 Å². The number of carbonyl (C=O) groups is 2. The van der Waals surface area contributed by atoms with Gasteiger partial charge in [-0.15, -0.1) is 0 Å². The summed E-state index contributed by atoms with van der Waals surface area (Å²) >= 11 is 1.17. The summed E-state index contributed by atoms with van der Waals surface area (Å²) in [7, 11) is 1.28. The van der Waals surface area contributed by atoms with E-state index >= 15 is 0 Å². The van der Waals surface area contributed by atoms with Crippen molar-refractivity contribution in [2.45, 2.75) is 0 Å². The number of aromatic nitrogens is 1. The van der Waals surface area contributed by atoms with Crippen molar-refractivity contribution >= 4 is 44.2 Å². The molecule has 4 aromatic rings. The van der Waals surface area contributed by atoms with Crippen molar-refractivity contribution in [3.05, 3.63) is 78.4 Å². The number of fused-ring (bicyclic) bond motifs is 1. The first-order valence-corrected chi connectivity index (χ1v) is 9.67. The van der Waals surface area contributed by atoms with E-state index in [-0.39, 0.29) is 5.91 Å². The van der Waals surface area contributed by atoms with Crippen LogP contribution >= 0.6 is 11.3 Å². The molecule has 144 valence electrons. The molecule has 1 heterocycles. The molecule has 1 aromatic heterocycles. The van der Waals surface area contributed by atoms with Crippen LogP contribution in [0.2, 0.25) is 0 Å². The van der Waals surface area contributed by atoms with Crippen molar-refractivity contribution in [2.24, 2.45) is 0 Å². The monoisotopic (exact) mass is 403 g/mol. The lowest BCUT2D eigenvalue weighted by molar-refractivity contribution is 0.102. The van der Waals surface area contributed by atoms with Gasteiger partial charge in [-0.3, -0.25) is 10.1 Å². The Morgan fingerprint density at radius 2 is 1.62 bits per heavy atom. The zero-order valence-electron chi connectivity index (χ0n) is 15.5. The number of anilines is 2. The Morgan fingerprint density at radius 1 is 0.897 bits per heavy atom. The van der Waals surface area contributed by atoms with Crippen molar-refractivity contribution in [2.75, 3.05) is 17.7 Å². The molecule has 0 aliphatic carbocycles. The maximum atomic E-state index is 13.1. The van der Waals surface area contributed by atoms with Gasteiger partial charge in [0, 0.05) is 11.1 Å². The highest BCUT2D eigenvalue weighted by Crippen LogP contribution is 2.36. The molecule has 7 heteroatoms. The van der Waals surface area contributed by atoms with Crippen LogP contribution < -0.4 is 10.6 Å². The second-order valence-electron chi connectivity index (χ2n) is 6.16. The lowest BCUT2D eigenvalue weighted by Gasteiger charge is -2.08. The molecule has 0 aliphatic rings. The topological polar surface area (TPSA) is 80.3 Å². The highest BCUT2D eigenvalue weighted by Gasteiger charge is 2.18. The van der Waals surface area contributed by atoms with Crippen LogP contribution in [-0.4, -0.2) is 24.1 Å². The Labute approximate surface area is 171 Å². The number of carbonyl (C=O) groups excluding carboxylic acids is 2. The highest BCUT2D eigenvalue weighted by atomic mass is 32.1. The summed E-state index contributed by atoms with van der Waals surface area (Å²) in [6.07, 6.45) is -0.620. The van der Waals surface area contributed by atoms with Crippen LogP contribution in [0.5, 0.6) is 0 Å². The van der Waals surface area contributed by atoms with Gasteiger partial charge in [0.15, 0.2) is 5.13 Å². The number of ether oxygens (including phenoxy) is 1. The molecule has 29 heavy (non-hydrogen) atoms. The van der Waals surface area contributed by atoms with Crippen LogP contribution in [0.4, 0.5) is 14.9 Å². The van der Waals surface area contributed by atoms with Crippen molar-refractivity contribution in [3.63, 3.8) is 0 Å². The molecule has 0 aliphatic heterocycles. The van der Waals surface area contributed by atoms with Crippen LogP contribution in [0.25, 0.3) is 22.0 Å². The lowest BCUT2D eigenvalue weighted by atomic mass is 10.0. The van der Waals surface area contributed by atoms with Crippen molar-refractivity contribution in [1.29, 1.82) is 0 Å². The van der Waals surface area contributed by atoms with E-state index < -0.39 is 6.09 Å². The fourth-order valence-electron chi connectivity index (χ4n) is 2.98. The number of nitrogens with zero attached hydrogens (tertiary/aromatic N) is 1. The summed E-state index contributed by atoms with van der Waals surface area (Å²) in [5.74, 6) is -0.243. The third-order valence-corrected chi connectivity index (χ3v) is 5.22. The van der Waals surface area contributed by atoms with Crippen LogP contribution in [0.1, 0.15) is 10.4 Å². The first kappa shape index (κ1) is 18.6. The zero-order chi connectivity index (χ0) is 20.2. The third kappa shape index (κ3) is 3.95. The van der Waals surface area contributed by atoms with Gasteiger partial charge >= 0.3 is 6.09 Å². The number of hydrogen-bond donors (Lipinski definition) is 2. The molecule has 0 fully saturated rings. The van der Waals surface area contributed by atoms with Crippen molar-refractivity contribution < 1.29 is 14.3 Å². The van der Waals surface area contributed by atoms with Crippen LogP contribution in [0.3, 0.4) is 0 Å². The second-order valence-corrected chi connectivity index (χ2v) is 7.16. The third-order valence-electron chi connectivity index (χ3n) is 4.33. The number of benzene rings is 3. The molecular weight excluding hydrogens is 386 g/mol. The van der Waals surface area contributed by atoms with Gasteiger partial charge in [0.2, 0.25) is 0 Å². The Balaban J connectivity index is 1.71. The number of rotatable bonds is 4. The van der Waals surface area contributed by atoms with Gasteiger partial charge in [-0.25, -0.2) is 9.78 Å². The van der Waals surface area contributed by atoms with Crippen molar-refractivity contribution in [3.8, 4) is 11.3 Å². The molecule has 0 saturated heterocycles. The summed E-state index contributed by atoms with van der Waals surface area (Å²) in [4.78, 5) is 29.1. The summed E-state index contributed by atoms with van der Waals surface area (Å²) in [5, 5.41) is 8.25. The average Bonchev–Trinajstić information content (AvgIpc) is 3.15.